The third-order valence-electron chi connectivity index (χ3n) is 8.61. The van der Waals surface area contributed by atoms with Crippen LogP contribution in [0.4, 0.5) is 0 Å². The van der Waals surface area contributed by atoms with E-state index < -0.39 is 0 Å². The minimum absolute atomic E-state index is 0.0265. The molecule has 0 aliphatic carbocycles. The summed E-state index contributed by atoms with van der Waals surface area (Å²) in [7, 11) is 1.62. The fraction of sp³-hybridized carbons (Fsp3) is 0.333. The van der Waals surface area contributed by atoms with E-state index in [9.17, 15) is 10.1 Å². The van der Waals surface area contributed by atoms with Crippen LogP contribution in [0.15, 0.2) is 67.0 Å². The van der Waals surface area contributed by atoms with E-state index in [1.54, 1.807) is 13.2 Å². The van der Waals surface area contributed by atoms with Gasteiger partial charge in [-0.2, -0.15) is 5.26 Å². The number of hydrogen-bond acceptors (Lipinski definition) is 7. The second-order valence-corrected chi connectivity index (χ2v) is 11.3. The van der Waals surface area contributed by atoms with Gasteiger partial charge in [0.1, 0.15) is 18.4 Å². The van der Waals surface area contributed by atoms with E-state index in [0.29, 0.717) is 30.5 Å². The number of pyridine rings is 1. The van der Waals surface area contributed by atoms with E-state index >= 15 is 0 Å². The van der Waals surface area contributed by atoms with Crippen molar-refractivity contribution in [1.29, 1.82) is 5.26 Å². The van der Waals surface area contributed by atoms with Crippen molar-refractivity contribution in [3.63, 3.8) is 0 Å². The van der Waals surface area contributed by atoms with Crippen LogP contribution in [-0.2, 0) is 16.1 Å². The topological polar surface area (TPSA) is 112 Å². The molecule has 0 radical (unpaired) electrons. The van der Waals surface area contributed by atoms with Crippen LogP contribution in [0.1, 0.15) is 23.9 Å². The summed E-state index contributed by atoms with van der Waals surface area (Å²) >= 11 is 0. The van der Waals surface area contributed by atoms with Gasteiger partial charge in [-0.25, -0.2) is 9.97 Å². The number of nitriles is 1. The molecule has 0 saturated carbocycles. The van der Waals surface area contributed by atoms with Crippen LogP contribution < -0.4 is 4.74 Å². The highest BCUT2D eigenvalue weighted by atomic mass is 16.5. The first-order valence-corrected chi connectivity index (χ1v) is 14.7. The van der Waals surface area contributed by atoms with Crippen molar-refractivity contribution in [3.8, 4) is 23.2 Å². The van der Waals surface area contributed by atoms with Crippen molar-refractivity contribution >= 4 is 27.7 Å². The van der Waals surface area contributed by atoms with E-state index in [-0.39, 0.29) is 18.5 Å². The summed E-state index contributed by atoms with van der Waals surface area (Å²) in [5.41, 5.74) is 4.01. The minimum Gasteiger partial charge on any atom is -0.480 e. The van der Waals surface area contributed by atoms with E-state index in [2.05, 4.69) is 22.0 Å². The number of carbonyl (C=O) groups is 1. The van der Waals surface area contributed by atoms with Crippen molar-refractivity contribution in [2.75, 3.05) is 46.5 Å². The molecular weight excluding hydrogens is 542 g/mol. The summed E-state index contributed by atoms with van der Waals surface area (Å²) in [6, 6.07) is 19.4. The Labute approximate surface area is 249 Å². The van der Waals surface area contributed by atoms with E-state index in [0.717, 1.165) is 71.6 Å². The number of ether oxygens (including phenoxy) is 2. The summed E-state index contributed by atoms with van der Waals surface area (Å²) in [4.78, 5) is 31.4. The number of H-pyrrole nitrogens is 1. The van der Waals surface area contributed by atoms with Crippen LogP contribution in [0.5, 0.6) is 5.88 Å². The average Bonchev–Trinajstić information content (AvgIpc) is 3.82. The van der Waals surface area contributed by atoms with Gasteiger partial charge in [0.15, 0.2) is 0 Å². The summed E-state index contributed by atoms with van der Waals surface area (Å²) in [6.45, 7) is 4.84. The van der Waals surface area contributed by atoms with Crippen LogP contribution >= 0.6 is 0 Å². The standard InChI is InChI=1S/C33H33N7O3/c1-42-33-26(15-24-4-2-3-5-27(24)37-33)28-17-35-32(36-28)30-19-38(18-23-9-13-43-21-23)11-12-40(30)31(41)20-39-10-8-25-14-22(16-34)6-7-29(25)39/h2-8,10,14-15,17,23,30H,9,11-13,18-21H2,1H3,(H,35,36). The Hall–Kier alpha value is -4.72. The monoisotopic (exact) mass is 575 g/mol. The quantitative estimate of drug-likeness (QED) is 0.307. The van der Waals surface area contributed by atoms with Gasteiger partial charge >= 0.3 is 0 Å². The van der Waals surface area contributed by atoms with Crippen LogP contribution in [0.3, 0.4) is 0 Å². The molecule has 0 bridgehead atoms. The number of carbonyl (C=O) groups excluding carboxylic acids is 1. The second-order valence-electron chi connectivity index (χ2n) is 11.3. The Morgan fingerprint density at radius 1 is 1.16 bits per heavy atom. The lowest BCUT2D eigenvalue weighted by Gasteiger charge is -2.41. The molecule has 3 aromatic heterocycles. The Morgan fingerprint density at radius 2 is 2.07 bits per heavy atom. The number of benzene rings is 2. The van der Waals surface area contributed by atoms with Gasteiger partial charge in [0.2, 0.25) is 11.8 Å². The molecule has 218 valence electrons. The number of piperazine rings is 1. The van der Waals surface area contributed by atoms with Crippen LogP contribution in [0.2, 0.25) is 0 Å². The number of nitrogens with one attached hydrogen (secondary N) is 1. The molecule has 5 heterocycles. The Bertz CT molecular complexity index is 1830. The first-order valence-electron chi connectivity index (χ1n) is 14.7. The number of rotatable bonds is 7. The molecule has 5 aromatic rings. The lowest BCUT2D eigenvalue weighted by molar-refractivity contribution is -0.137. The maximum absolute atomic E-state index is 13.9. The highest BCUT2D eigenvalue weighted by Gasteiger charge is 2.35. The van der Waals surface area contributed by atoms with Crippen molar-refractivity contribution in [3.05, 3.63) is 78.4 Å². The van der Waals surface area contributed by atoms with Crippen molar-refractivity contribution in [1.82, 2.24) is 29.3 Å². The van der Waals surface area contributed by atoms with Gasteiger partial charge in [-0.05, 0) is 48.7 Å². The molecule has 2 aliphatic rings. The maximum Gasteiger partial charge on any atom is 0.243 e. The molecule has 2 unspecified atom stereocenters. The molecule has 1 N–H and O–H groups in total. The molecule has 10 heteroatoms. The number of amides is 1. The number of nitrogens with zero attached hydrogens (tertiary/aromatic N) is 6. The smallest absolute Gasteiger partial charge is 0.243 e. The normalized spacial score (nSPS) is 19.2. The van der Waals surface area contributed by atoms with E-state index in [4.69, 9.17) is 19.4 Å². The number of para-hydroxylation sites is 1. The first-order chi connectivity index (χ1) is 21.1. The predicted molar refractivity (Wildman–Crippen MR) is 162 cm³/mol. The molecule has 0 spiro atoms. The van der Waals surface area contributed by atoms with Gasteiger partial charge in [-0.15, -0.1) is 0 Å². The fourth-order valence-corrected chi connectivity index (χ4v) is 6.36. The summed E-state index contributed by atoms with van der Waals surface area (Å²) in [5.74, 6) is 1.79. The molecule has 10 nitrogen and oxygen atoms in total. The first kappa shape index (κ1) is 27.1. The fourth-order valence-electron chi connectivity index (χ4n) is 6.36. The lowest BCUT2D eigenvalue weighted by atomic mass is 10.1. The molecule has 1 amide bonds. The minimum atomic E-state index is -0.247. The van der Waals surface area contributed by atoms with E-state index in [1.807, 2.05) is 64.3 Å². The SMILES string of the molecule is COc1nc2ccccc2cc1-c1cnc(C2CN(CC3CCOC3)CCN2C(=O)Cn2ccc3cc(C#N)ccc32)[nH]1. The average molecular weight is 576 g/mol. The van der Waals surface area contributed by atoms with Gasteiger partial charge < -0.3 is 23.9 Å². The molecule has 2 atom stereocenters. The zero-order valence-electron chi connectivity index (χ0n) is 24.1. The number of aromatic amines is 1. The number of imidazole rings is 1. The predicted octanol–water partition coefficient (Wildman–Crippen LogP) is 4.38. The van der Waals surface area contributed by atoms with Gasteiger partial charge in [-0.1, -0.05) is 18.2 Å². The Kier molecular flexibility index (Phi) is 7.27. The summed E-state index contributed by atoms with van der Waals surface area (Å²) in [6.07, 6.45) is 4.79. The van der Waals surface area contributed by atoms with Gasteiger partial charge in [0.25, 0.3) is 0 Å². The zero-order valence-corrected chi connectivity index (χ0v) is 24.1. The Balaban J connectivity index is 1.19. The molecule has 2 saturated heterocycles. The van der Waals surface area contributed by atoms with Crippen molar-refractivity contribution < 1.29 is 14.3 Å². The maximum atomic E-state index is 13.9. The summed E-state index contributed by atoms with van der Waals surface area (Å²) in [5, 5.41) is 11.2. The molecule has 2 aromatic carbocycles. The van der Waals surface area contributed by atoms with Crippen LogP contribution in [-0.4, -0.2) is 81.7 Å². The van der Waals surface area contributed by atoms with Crippen molar-refractivity contribution in [2.45, 2.75) is 19.0 Å². The van der Waals surface area contributed by atoms with Crippen molar-refractivity contribution in [2.24, 2.45) is 5.92 Å². The number of hydrogen-bond donors (Lipinski definition) is 1. The number of methoxy groups -OCH3 is 1. The molecular formula is C33H33N7O3. The highest BCUT2D eigenvalue weighted by molar-refractivity contribution is 5.86. The highest BCUT2D eigenvalue weighted by Crippen LogP contribution is 2.33. The number of aromatic nitrogens is 4. The van der Waals surface area contributed by atoms with Crippen LogP contribution in [0.25, 0.3) is 33.1 Å². The van der Waals surface area contributed by atoms with E-state index in [1.165, 1.54) is 0 Å². The van der Waals surface area contributed by atoms with Crippen LogP contribution in [0, 0.1) is 17.2 Å². The molecule has 43 heavy (non-hydrogen) atoms. The van der Waals surface area contributed by atoms with Gasteiger partial charge in [0.05, 0.1) is 48.3 Å². The Morgan fingerprint density at radius 3 is 2.91 bits per heavy atom. The second kappa shape index (κ2) is 11.5. The third-order valence-corrected chi connectivity index (χ3v) is 8.61. The number of fused-ring (bicyclic) bond motifs is 2. The molecule has 2 aliphatic heterocycles. The van der Waals surface area contributed by atoms with Gasteiger partial charge in [0, 0.05) is 55.3 Å². The van der Waals surface area contributed by atoms with Gasteiger partial charge in [-0.3, -0.25) is 9.69 Å². The largest absolute Gasteiger partial charge is 0.480 e. The third kappa shape index (κ3) is 5.33. The lowest BCUT2D eigenvalue weighted by Crippen LogP contribution is -2.52. The molecule has 2 fully saturated rings. The zero-order chi connectivity index (χ0) is 29.3. The summed E-state index contributed by atoms with van der Waals surface area (Å²) < 4.78 is 13.2. The molecule has 7 rings (SSSR count).